The summed E-state index contributed by atoms with van der Waals surface area (Å²) in [6.07, 6.45) is 4.40. The molecule has 7 heteroatoms. The number of rotatable bonds is 4. The highest BCUT2D eigenvalue weighted by Gasteiger charge is 2.07. The predicted octanol–water partition coefficient (Wildman–Crippen LogP) is 3.44. The Balaban J connectivity index is 1.65. The van der Waals surface area contributed by atoms with Crippen LogP contribution in [-0.2, 0) is 0 Å². The molecular formula is C20H12ClNO4S. The monoisotopic (exact) mass is 397 g/mol. The van der Waals surface area contributed by atoms with Crippen LogP contribution in [0, 0.1) is 0 Å². The second-order valence-electron chi connectivity index (χ2n) is 5.62. The van der Waals surface area contributed by atoms with Gasteiger partial charge in [0.25, 0.3) is 5.56 Å². The van der Waals surface area contributed by atoms with Crippen LogP contribution in [0.1, 0.15) is 16.3 Å². The molecule has 4 aromatic rings. The number of Topliss-reactive ketones (excluding diaryl/α,β-unsaturated/α-hetero) is 1. The molecule has 0 saturated heterocycles. The molecule has 0 aliphatic heterocycles. The van der Waals surface area contributed by atoms with Gasteiger partial charge in [-0.3, -0.25) is 9.59 Å². The standard InChI is InChI=1S/C20H12ClNO4S/c21-13-5-3-12(4-6-13)16-8-7-14(26-16)10-18-20(24)22-19(27-18)11-15(23)17-2-1-9-25-17/h1-11H,(H,22,24). The molecule has 0 saturated carbocycles. The number of nitrogens with one attached hydrogen (secondary N) is 1. The number of H-pyrrole nitrogens is 1. The molecule has 0 unspecified atom stereocenters. The zero-order valence-corrected chi connectivity index (χ0v) is 15.3. The first-order chi connectivity index (χ1) is 13.1. The highest BCUT2D eigenvalue weighted by atomic mass is 35.5. The number of hydrogen-bond acceptors (Lipinski definition) is 5. The van der Waals surface area contributed by atoms with E-state index < -0.39 is 0 Å². The van der Waals surface area contributed by atoms with Crippen LogP contribution in [0.5, 0.6) is 0 Å². The maximum atomic E-state index is 12.1. The van der Waals surface area contributed by atoms with E-state index in [1.165, 1.54) is 23.7 Å². The number of carbonyl (C=O) groups is 1. The van der Waals surface area contributed by atoms with Crippen molar-refractivity contribution in [3.05, 3.63) is 90.9 Å². The first-order valence-electron chi connectivity index (χ1n) is 7.95. The molecule has 0 atom stereocenters. The molecule has 3 heterocycles. The number of hydrogen-bond donors (Lipinski definition) is 1. The van der Waals surface area contributed by atoms with Crippen molar-refractivity contribution in [3.8, 4) is 11.3 Å². The first-order valence-corrected chi connectivity index (χ1v) is 9.14. The zero-order chi connectivity index (χ0) is 18.8. The summed E-state index contributed by atoms with van der Waals surface area (Å²) >= 11 is 7.06. The minimum atomic E-state index is -0.313. The van der Waals surface area contributed by atoms with E-state index in [0.717, 1.165) is 5.56 Å². The maximum absolute atomic E-state index is 12.1. The lowest BCUT2D eigenvalue weighted by Gasteiger charge is -1.96. The fourth-order valence-corrected chi connectivity index (χ4v) is 3.45. The summed E-state index contributed by atoms with van der Waals surface area (Å²) in [6, 6.07) is 14.1. The van der Waals surface area contributed by atoms with Gasteiger partial charge in [-0.2, -0.15) is 0 Å². The van der Waals surface area contributed by atoms with E-state index in [4.69, 9.17) is 20.4 Å². The van der Waals surface area contributed by atoms with Crippen molar-refractivity contribution >= 4 is 40.9 Å². The Morgan fingerprint density at radius 2 is 1.93 bits per heavy atom. The van der Waals surface area contributed by atoms with Gasteiger partial charge in [-0.05, 0) is 48.5 Å². The highest BCUT2D eigenvalue weighted by molar-refractivity contribution is 7.07. The van der Waals surface area contributed by atoms with E-state index in [0.29, 0.717) is 25.7 Å². The third-order valence-electron chi connectivity index (χ3n) is 3.74. The maximum Gasteiger partial charge on any atom is 0.266 e. The summed E-state index contributed by atoms with van der Waals surface area (Å²) in [5.74, 6) is 1.11. The topological polar surface area (TPSA) is 76.2 Å². The van der Waals surface area contributed by atoms with E-state index in [1.807, 2.05) is 18.2 Å². The molecule has 4 rings (SSSR count). The molecule has 1 aromatic carbocycles. The fourth-order valence-electron chi connectivity index (χ4n) is 2.46. The van der Waals surface area contributed by atoms with Crippen LogP contribution >= 0.6 is 22.9 Å². The molecule has 1 N–H and O–H groups in total. The second-order valence-corrected chi connectivity index (χ2v) is 7.14. The van der Waals surface area contributed by atoms with Crippen molar-refractivity contribution in [2.45, 2.75) is 0 Å². The number of carbonyl (C=O) groups excluding carboxylic acids is 1. The van der Waals surface area contributed by atoms with Gasteiger partial charge < -0.3 is 13.8 Å². The number of aromatic nitrogens is 1. The average Bonchev–Trinajstić information content (AvgIpc) is 3.39. The summed E-state index contributed by atoms with van der Waals surface area (Å²) in [6.45, 7) is 0. The molecule has 134 valence electrons. The van der Waals surface area contributed by atoms with Gasteiger partial charge in [0.15, 0.2) is 5.76 Å². The molecule has 27 heavy (non-hydrogen) atoms. The number of benzene rings is 1. The molecule has 0 radical (unpaired) electrons. The van der Waals surface area contributed by atoms with Crippen LogP contribution in [0.2, 0.25) is 5.02 Å². The molecule has 0 aliphatic carbocycles. The van der Waals surface area contributed by atoms with E-state index in [2.05, 4.69) is 4.98 Å². The number of aromatic amines is 1. The van der Waals surface area contributed by atoms with Crippen LogP contribution in [-0.4, -0.2) is 10.8 Å². The Hall–Kier alpha value is -3.09. The van der Waals surface area contributed by atoms with Crippen molar-refractivity contribution < 1.29 is 13.6 Å². The van der Waals surface area contributed by atoms with E-state index >= 15 is 0 Å². The van der Waals surface area contributed by atoms with Gasteiger partial charge in [-0.15, -0.1) is 11.3 Å². The summed E-state index contributed by atoms with van der Waals surface area (Å²) < 4.78 is 11.7. The predicted molar refractivity (Wildman–Crippen MR) is 104 cm³/mol. The molecule has 0 fully saturated rings. The Morgan fingerprint density at radius 1 is 1.11 bits per heavy atom. The molecule has 0 aliphatic rings. The number of thiazole rings is 1. The molecule has 0 spiro atoms. The lowest BCUT2D eigenvalue weighted by molar-refractivity contribution is 0.103. The SMILES string of the molecule is O=C(C=c1[nH]c(=O)c(=Cc2ccc(-c3ccc(Cl)cc3)o2)s1)c1ccco1. The second kappa shape index (κ2) is 7.26. The van der Waals surface area contributed by atoms with Crippen molar-refractivity contribution in [1.29, 1.82) is 0 Å². The van der Waals surface area contributed by atoms with Gasteiger partial charge in [0.2, 0.25) is 5.78 Å². The van der Waals surface area contributed by atoms with Gasteiger partial charge in [0.05, 0.1) is 15.5 Å². The van der Waals surface area contributed by atoms with E-state index in [9.17, 15) is 9.59 Å². The number of halogens is 1. The van der Waals surface area contributed by atoms with Gasteiger partial charge in [0, 0.05) is 22.7 Å². The van der Waals surface area contributed by atoms with Gasteiger partial charge >= 0.3 is 0 Å². The van der Waals surface area contributed by atoms with Gasteiger partial charge in [0.1, 0.15) is 11.5 Å². The van der Waals surface area contributed by atoms with E-state index in [1.54, 1.807) is 36.4 Å². The molecule has 0 bridgehead atoms. The minimum Gasteiger partial charge on any atom is -0.461 e. The van der Waals surface area contributed by atoms with Crippen LogP contribution in [0.4, 0.5) is 0 Å². The number of ketones is 1. The molecule has 5 nitrogen and oxygen atoms in total. The Bertz CT molecular complexity index is 1260. The first kappa shape index (κ1) is 17.3. The average molecular weight is 398 g/mol. The van der Waals surface area contributed by atoms with Crippen LogP contribution in [0.25, 0.3) is 23.5 Å². The summed E-state index contributed by atoms with van der Waals surface area (Å²) in [5, 5.41) is 0.648. The van der Waals surface area contributed by atoms with Crippen molar-refractivity contribution in [3.63, 3.8) is 0 Å². The molecular weight excluding hydrogens is 386 g/mol. The zero-order valence-electron chi connectivity index (χ0n) is 13.8. The summed E-state index contributed by atoms with van der Waals surface area (Å²) in [5.41, 5.74) is 0.597. The summed E-state index contributed by atoms with van der Waals surface area (Å²) in [7, 11) is 0. The minimum absolute atomic E-state index is 0.216. The largest absolute Gasteiger partial charge is 0.461 e. The third kappa shape index (κ3) is 3.86. The Labute approximate surface area is 161 Å². The van der Waals surface area contributed by atoms with Crippen molar-refractivity contribution in [2.75, 3.05) is 0 Å². The smallest absolute Gasteiger partial charge is 0.266 e. The van der Waals surface area contributed by atoms with Gasteiger partial charge in [-0.25, -0.2) is 0 Å². The van der Waals surface area contributed by atoms with Crippen LogP contribution < -0.4 is 14.8 Å². The Kier molecular flexibility index (Phi) is 4.66. The third-order valence-corrected chi connectivity index (χ3v) is 4.95. The van der Waals surface area contributed by atoms with E-state index in [-0.39, 0.29) is 17.1 Å². The fraction of sp³-hybridized carbons (Fsp3) is 0. The number of furan rings is 2. The highest BCUT2D eigenvalue weighted by Crippen LogP contribution is 2.23. The van der Waals surface area contributed by atoms with Gasteiger partial charge in [-0.1, -0.05) is 11.6 Å². The quantitative estimate of drug-likeness (QED) is 0.535. The molecule has 0 amide bonds. The lowest BCUT2D eigenvalue weighted by atomic mass is 10.2. The molecule has 3 aromatic heterocycles. The van der Waals surface area contributed by atoms with Crippen LogP contribution in [0.3, 0.4) is 0 Å². The van der Waals surface area contributed by atoms with Crippen LogP contribution in [0.15, 0.2) is 68.4 Å². The van der Waals surface area contributed by atoms with Crippen molar-refractivity contribution in [1.82, 2.24) is 4.98 Å². The summed E-state index contributed by atoms with van der Waals surface area (Å²) in [4.78, 5) is 26.8. The Morgan fingerprint density at radius 3 is 2.67 bits per heavy atom. The normalized spacial score (nSPS) is 12.6. The lowest BCUT2D eigenvalue weighted by Crippen LogP contribution is -2.19. The van der Waals surface area contributed by atoms with Crippen molar-refractivity contribution in [2.24, 2.45) is 0 Å².